The van der Waals surface area contributed by atoms with Crippen molar-refractivity contribution in [2.24, 2.45) is 0 Å². The highest BCUT2D eigenvalue weighted by Gasteiger charge is 2.32. The standard InChI is InChI=1S/C24H44O6P2/c1-7-30-31(25,20-32(26,27)28)19-29-18-17-24(6)16-10-15-23(5)14-9-13-22(4)12-8-11-21(2)3/h11,13,15,17H,7-10,12,14,16,18-20H2,1-6H3,(H2,26,27,28)/b22-13+,23-15+,24-17+. The molecule has 0 radical (unpaired) electrons. The molecule has 1 atom stereocenters. The molecule has 2 N–H and O–H groups in total. The fourth-order valence-corrected chi connectivity index (χ4v) is 6.84. The molecule has 0 fully saturated rings. The van der Waals surface area contributed by atoms with E-state index in [4.69, 9.17) is 19.0 Å². The van der Waals surface area contributed by atoms with Gasteiger partial charge < -0.3 is 19.0 Å². The van der Waals surface area contributed by atoms with Crippen molar-refractivity contribution in [3.05, 3.63) is 46.6 Å². The Kier molecular flexibility index (Phi) is 16.4. The van der Waals surface area contributed by atoms with E-state index < -0.39 is 20.9 Å². The molecule has 0 bridgehead atoms. The topological polar surface area (TPSA) is 93.1 Å². The average Bonchev–Trinajstić information content (AvgIpc) is 2.63. The van der Waals surface area contributed by atoms with Gasteiger partial charge in [0.2, 0.25) is 7.37 Å². The highest BCUT2D eigenvalue weighted by Crippen LogP contribution is 2.58. The highest BCUT2D eigenvalue weighted by molar-refractivity contribution is 7.73. The molecule has 0 heterocycles. The second kappa shape index (κ2) is 16.8. The molecule has 6 nitrogen and oxygen atoms in total. The van der Waals surface area contributed by atoms with Crippen LogP contribution in [0, 0.1) is 0 Å². The predicted molar refractivity (Wildman–Crippen MR) is 135 cm³/mol. The lowest BCUT2D eigenvalue weighted by Gasteiger charge is -2.18. The minimum Gasteiger partial charge on any atom is -0.367 e. The van der Waals surface area contributed by atoms with Gasteiger partial charge in [0.25, 0.3) is 0 Å². The molecule has 0 saturated heterocycles. The Bertz CT molecular complexity index is 754. The summed E-state index contributed by atoms with van der Waals surface area (Å²) in [6.45, 7) is 12.6. The summed E-state index contributed by atoms with van der Waals surface area (Å²) in [7, 11) is -7.92. The van der Waals surface area contributed by atoms with Crippen LogP contribution in [0.25, 0.3) is 0 Å². The summed E-state index contributed by atoms with van der Waals surface area (Å²) in [6, 6.07) is 0. The summed E-state index contributed by atoms with van der Waals surface area (Å²) in [4.78, 5) is 18.2. The van der Waals surface area contributed by atoms with Gasteiger partial charge in [-0.25, -0.2) is 0 Å². The number of rotatable bonds is 17. The van der Waals surface area contributed by atoms with E-state index in [1.165, 1.54) is 16.7 Å². The van der Waals surface area contributed by atoms with Gasteiger partial charge in [-0.2, -0.15) is 0 Å². The van der Waals surface area contributed by atoms with Crippen molar-refractivity contribution in [2.45, 2.75) is 80.1 Å². The lowest BCUT2D eigenvalue weighted by molar-refractivity contribution is 0.190. The first-order valence-corrected chi connectivity index (χ1v) is 15.1. The molecule has 32 heavy (non-hydrogen) atoms. The van der Waals surface area contributed by atoms with Crippen molar-refractivity contribution in [1.29, 1.82) is 0 Å². The average molecular weight is 491 g/mol. The highest BCUT2D eigenvalue weighted by atomic mass is 31.2. The SMILES string of the molecule is CCOP(=O)(COC/C=C(\C)CC/C=C(\C)CC/C=C(\C)CCC=C(C)C)CP(=O)(O)O. The third-order valence-electron chi connectivity index (χ3n) is 4.76. The molecule has 0 aromatic rings. The van der Waals surface area contributed by atoms with Gasteiger partial charge in [-0.05, 0) is 80.1 Å². The van der Waals surface area contributed by atoms with E-state index in [0.717, 1.165) is 44.1 Å². The second-order valence-electron chi connectivity index (χ2n) is 8.59. The maximum Gasteiger partial charge on any atom is 0.335 e. The van der Waals surface area contributed by atoms with Gasteiger partial charge in [-0.1, -0.05) is 46.6 Å². The summed E-state index contributed by atoms with van der Waals surface area (Å²) in [5.74, 6) is -0.787. The third kappa shape index (κ3) is 18.8. The molecule has 1 unspecified atom stereocenters. The Labute approximate surface area is 195 Å². The van der Waals surface area contributed by atoms with Crippen LogP contribution < -0.4 is 0 Å². The van der Waals surface area contributed by atoms with Crippen LogP contribution in [0.15, 0.2) is 46.6 Å². The number of hydrogen-bond donors (Lipinski definition) is 2. The fourth-order valence-electron chi connectivity index (χ4n) is 3.02. The summed E-state index contributed by atoms with van der Waals surface area (Å²) in [5.41, 5.74) is 5.37. The maximum absolute atomic E-state index is 12.5. The van der Waals surface area contributed by atoms with Gasteiger partial charge in [0.15, 0.2) is 0 Å². The largest absolute Gasteiger partial charge is 0.367 e. The van der Waals surface area contributed by atoms with E-state index in [1.807, 2.05) is 13.0 Å². The van der Waals surface area contributed by atoms with Gasteiger partial charge in [0, 0.05) is 0 Å². The zero-order valence-electron chi connectivity index (χ0n) is 20.8. The van der Waals surface area contributed by atoms with E-state index in [2.05, 4.69) is 45.9 Å². The molecule has 0 aliphatic carbocycles. The van der Waals surface area contributed by atoms with Crippen LogP contribution in [0.1, 0.15) is 80.1 Å². The molecule has 0 aliphatic rings. The monoisotopic (exact) mass is 490 g/mol. The molecular formula is C24H44O6P2. The van der Waals surface area contributed by atoms with E-state index >= 15 is 0 Å². The fraction of sp³-hybridized carbons (Fsp3) is 0.667. The first-order valence-electron chi connectivity index (χ1n) is 11.3. The summed E-state index contributed by atoms with van der Waals surface area (Å²) in [6.07, 6.45) is 14.7. The van der Waals surface area contributed by atoms with Crippen LogP contribution in [0.3, 0.4) is 0 Å². The molecule has 0 aromatic heterocycles. The first kappa shape index (κ1) is 31.3. The third-order valence-corrected chi connectivity index (χ3v) is 9.26. The van der Waals surface area contributed by atoms with Crippen LogP contribution in [0.2, 0.25) is 0 Å². The van der Waals surface area contributed by atoms with Crippen LogP contribution >= 0.6 is 15.0 Å². The van der Waals surface area contributed by atoms with E-state index in [-0.39, 0.29) is 19.6 Å². The first-order chi connectivity index (χ1) is 14.9. The molecule has 0 aliphatic heterocycles. The maximum atomic E-state index is 12.5. The molecule has 0 amide bonds. The number of allylic oxidation sites excluding steroid dienone is 7. The Morgan fingerprint density at radius 1 is 0.781 bits per heavy atom. The Hall–Kier alpha value is -0.740. The van der Waals surface area contributed by atoms with Crippen LogP contribution in [-0.4, -0.2) is 35.3 Å². The normalized spacial score (nSPS) is 15.6. The summed E-state index contributed by atoms with van der Waals surface area (Å²) >= 11 is 0. The van der Waals surface area contributed by atoms with Crippen molar-refractivity contribution in [3.8, 4) is 0 Å². The van der Waals surface area contributed by atoms with Crippen molar-refractivity contribution < 1.29 is 28.2 Å². The lowest BCUT2D eigenvalue weighted by atomic mass is 10.0. The molecule has 0 saturated carbocycles. The molecule has 8 heteroatoms. The molecular weight excluding hydrogens is 446 g/mol. The number of hydrogen-bond acceptors (Lipinski definition) is 4. The Morgan fingerprint density at radius 2 is 1.25 bits per heavy atom. The quantitative estimate of drug-likeness (QED) is 0.124. The van der Waals surface area contributed by atoms with Crippen molar-refractivity contribution >= 4 is 15.0 Å². The zero-order chi connectivity index (χ0) is 24.6. The van der Waals surface area contributed by atoms with E-state index in [9.17, 15) is 9.13 Å². The van der Waals surface area contributed by atoms with Crippen molar-refractivity contribution in [1.82, 2.24) is 0 Å². The van der Waals surface area contributed by atoms with Gasteiger partial charge in [-0.15, -0.1) is 0 Å². The number of ether oxygens (including phenoxy) is 1. The van der Waals surface area contributed by atoms with Gasteiger partial charge in [-0.3, -0.25) is 9.13 Å². The lowest BCUT2D eigenvalue weighted by Crippen LogP contribution is -2.04. The molecule has 0 aromatic carbocycles. The second-order valence-corrected chi connectivity index (χ2v) is 13.2. The van der Waals surface area contributed by atoms with Gasteiger partial charge in [0.05, 0.1) is 13.2 Å². The minimum absolute atomic E-state index is 0.118. The smallest absolute Gasteiger partial charge is 0.335 e. The van der Waals surface area contributed by atoms with Crippen molar-refractivity contribution in [2.75, 3.05) is 25.5 Å². The minimum atomic E-state index is -4.43. The molecule has 186 valence electrons. The van der Waals surface area contributed by atoms with Crippen LogP contribution in [0.4, 0.5) is 0 Å². The molecule has 0 spiro atoms. The van der Waals surface area contributed by atoms with Gasteiger partial charge in [0.1, 0.15) is 12.3 Å². The predicted octanol–water partition coefficient (Wildman–Crippen LogP) is 7.56. The van der Waals surface area contributed by atoms with Crippen LogP contribution in [-0.2, 0) is 18.4 Å². The van der Waals surface area contributed by atoms with Crippen molar-refractivity contribution in [3.63, 3.8) is 0 Å². The Morgan fingerprint density at radius 3 is 1.69 bits per heavy atom. The van der Waals surface area contributed by atoms with E-state index in [1.54, 1.807) is 6.92 Å². The van der Waals surface area contributed by atoms with Gasteiger partial charge >= 0.3 is 7.60 Å². The van der Waals surface area contributed by atoms with Crippen LogP contribution in [0.5, 0.6) is 0 Å². The Balaban J connectivity index is 4.28. The molecule has 0 rings (SSSR count). The zero-order valence-corrected chi connectivity index (χ0v) is 22.6. The summed E-state index contributed by atoms with van der Waals surface area (Å²) in [5, 5.41) is 0. The van der Waals surface area contributed by atoms with E-state index in [0.29, 0.717) is 0 Å². The summed E-state index contributed by atoms with van der Waals surface area (Å²) < 4.78 is 34.1.